The number of likely N-dealkylation sites (tertiary alicyclic amines) is 1. The lowest BCUT2D eigenvalue weighted by Gasteiger charge is -2.13. The van der Waals surface area contributed by atoms with Crippen LogP contribution in [0.15, 0.2) is 34.9 Å². The van der Waals surface area contributed by atoms with E-state index in [1.807, 2.05) is 7.05 Å². The Balaban J connectivity index is 1.68. The molecule has 0 amide bonds. The average Bonchev–Trinajstić information content (AvgIpc) is 3.08. The Labute approximate surface area is 117 Å². The van der Waals surface area contributed by atoms with E-state index in [0.717, 1.165) is 31.7 Å². The molecular weight excluding hydrogens is 257 g/mol. The third-order valence-electron chi connectivity index (χ3n) is 3.69. The van der Waals surface area contributed by atoms with E-state index in [1.54, 1.807) is 18.4 Å². The predicted octanol–water partition coefficient (Wildman–Crippen LogP) is 2.27. The lowest BCUT2D eigenvalue weighted by molar-refractivity contribution is 0.318. The summed E-state index contributed by atoms with van der Waals surface area (Å²) in [5.41, 5.74) is 1.56. The standard InChI is InChI=1S/C15H18FN3O/c1-17-13-5-6-19(8-13)9-14-10-20-15(18-14)11-3-2-4-12(16)7-11/h2-4,7,10,13,17H,5-6,8-9H2,1H3. The second-order valence-electron chi connectivity index (χ2n) is 5.16. The lowest BCUT2D eigenvalue weighted by Crippen LogP contribution is -2.29. The van der Waals surface area contributed by atoms with Gasteiger partial charge in [-0.2, -0.15) is 0 Å². The predicted molar refractivity (Wildman–Crippen MR) is 74.6 cm³/mol. The molecule has 3 rings (SSSR count). The maximum atomic E-state index is 13.2. The van der Waals surface area contributed by atoms with Crippen molar-refractivity contribution in [3.8, 4) is 11.5 Å². The average molecular weight is 275 g/mol. The SMILES string of the molecule is CNC1CCN(Cc2coc(-c3cccc(F)c3)n2)C1. The Hall–Kier alpha value is -1.72. The molecule has 1 atom stereocenters. The number of nitrogens with zero attached hydrogens (tertiary/aromatic N) is 2. The van der Waals surface area contributed by atoms with Crippen molar-refractivity contribution in [2.24, 2.45) is 0 Å². The zero-order valence-corrected chi connectivity index (χ0v) is 11.5. The smallest absolute Gasteiger partial charge is 0.226 e. The fourth-order valence-corrected chi connectivity index (χ4v) is 2.57. The monoisotopic (exact) mass is 275 g/mol. The first-order chi connectivity index (χ1) is 9.74. The maximum Gasteiger partial charge on any atom is 0.226 e. The van der Waals surface area contributed by atoms with E-state index in [9.17, 15) is 4.39 Å². The molecule has 0 aliphatic carbocycles. The Bertz CT molecular complexity index is 584. The molecule has 0 saturated carbocycles. The van der Waals surface area contributed by atoms with Crippen molar-refractivity contribution < 1.29 is 8.81 Å². The first kappa shape index (κ1) is 13.3. The van der Waals surface area contributed by atoms with Crippen LogP contribution in [0.2, 0.25) is 0 Å². The van der Waals surface area contributed by atoms with Crippen LogP contribution in [0.1, 0.15) is 12.1 Å². The molecule has 2 heterocycles. The minimum atomic E-state index is -0.279. The van der Waals surface area contributed by atoms with Crippen LogP contribution >= 0.6 is 0 Å². The van der Waals surface area contributed by atoms with Crippen LogP contribution in [-0.4, -0.2) is 36.1 Å². The summed E-state index contributed by atoms with van der Waals surface area (Å²) in [5.74, 6) is 0.197. The Morgan fingerprint density at radius 3 is 3.15 bits per heavy atom. The van der Waals surface area contributed by atoms with Crippen LogP contribution in [0.5, 0.6) is 0 Å². The summed E-state index contributed by atoms with van der Waals surface area (Å²) >= 11 is 0. The molecule has 1 fully saturated rings. The van der Waals surface area contributed by atoms with E-state index in [0.29, 0.717) is 17.5 Å². The minimum absolute atomic E-state index is 0.279. The van der Waals surface area contributed by atoms with Crippen LogP contribution in [0.25, 0.3) is 11.5 Å². The summed E-state index contributed by atoms with van der Waals surface area (Å²) in [4.78, 5) is 6.78. The molecule has 1 saturated heterocycles. The van der Waals surface area contributed by atoms with Crippen molar-refractivity contribution in [2.45, 2.75) is 19.0 Å². The number of hydrogen-bond donors (Lipinski definition) is 1. The van der Waals surface area contributed by atoms with Crippen molar-refractivity contribution >= 4 is 0 Å². The van der Waals surface area contributed by atoms with E-state index in [-0.39, 0.29) is 5.82 Å². The molecule has 0 radical (unpaired) electrons. The number of rotatable bonds is 4. The van der Waals surface area contributed by atoms with Crippen molar-refractivity contribution in [2.75, 3.05) is 20.1 Å². The van der Waals surface area contributed by atoms with Gasteiger partial charge in [-0.15, -0.1) is 0 Å². The Morgan fingerprint density at radius 1 is 1.50 bits per heavy atom. The van der Waals surface area contributed by atoms with Gasteiger partial charge in [-0.1, -0.05) is 6.07 Å². The molecular formula is C15H18FN3O. The van der Waals surface area contributed by atoms with Crippen molar-refractivity contribution in [3.63, 3.8) is 0 Å². The van der Waals surface area contributed by atoms with Gasteiger partial charge in [0, 0.05) is 31.2 Å². The van der Waals surface area contributed by atoms with Gasteiger partial charge in [0.2, 0.25) is 5.89 Å². The van der Waals surface area contributed by atoms with Gasteiger partial charge in [0.15, 0.2) is 0 Å². The van der Waals surface area contributed by atoms with Gasteiger partial charge < -0.3 is 9.73 Å². The van der Waals surface area contributed by atoms with Gasteiger partial charge in [-0.3, -0.25) is 4.90 Å². The lowest BCUT2D eigenvalue weighted by atomic mass is 10.2. The van der Waals surface area contributed by atoms with E-state index < -0.39 is 0 Å². The topological polar surface area (TPSA) is 41.3 Å². The highest BCUT2D eigenvalue weighted by Gasteiger charge is 2.21. The summed E-state index contributed by atoms with van der Waals surface area (Å²) < 4.78 is 18.6. The molecule has 20 heavy (non-hydrogen) atoms. The van der Waals surface area contributed by atoms with Crippen LogP contribution < -0.4 is 5.32 Å². The van der Waals surface area contributed by atoms with Gasteiger partial charge in [0.05, 0.1) is 5.69 Å². The number of likely N-dealkylation sites (N-methyl/N-ethyl adjacent to an activating group) is 1. The van der Waals surface area contributed by atoms with E-state index in [4.69, 9.17) is 4.42 Å². The van der Waals surface area contributed by atoms with Gasteiger partial charge >= 0.3 is 0 Å². The van der Waals surface area contributed by atoms with Crippen LogP contribution in [0.3, 0.4) is 0 Å². The number of benzene rings is 1. The highest BCUT2D eigenvalue weighted by atomic mass is 19.1. The summed E-state index contributed by atoms with van der Waals surface area (Å²) in [6.45, 7) is 2.86. The Morgan fingerprint density at radius 2 is 2.40 bits per heavy atom. The largest absolute Gasteiger partial charge is 0.444 e. The summed E-state index contributed by atoms with van der Waals surface area (Å²) in [5, 5.41) is 3.29. The number of oxazole rings is 1. The molecule has 0 bridgehead atoms. The zero-order valence-electron chi connectivity index (χ0n) is 11.5. The van der Waals surface area contributed by atoms with Gasteiger partial charge in [0.25, 0.3) is 0 Å². The number of halogens is 1. The van der Waals surface area contributed by atoms with Gasteiger partial charge in [-0.05, 0) is 31.7 Å². The van der Waals surface area contributed by atoms with Gasteiger partial charge in [-0.25, -0.2) is 9.37 Å². The second kappa shape index (κ2) is 5.73. The van der Waals surface area contributed by atoms with E-state index in [2.05, 4.69) is 15.2 Å². The number of hydrogen-bond acceptors (Lipinski definition) is 4. The molecule has 4 nitrogen and oxygen atoms in total. The second-order valence-corrected chi connectivity index (χ2v) is 5.16. The summed E-state index contributed by atoms with van der Waals surface area (Å²) in [6, 6.07) is 6.86. The third kappa shape index (κ3) is 2.89. The number of nitrogens with one attached hydrogen (secondary N) is 1. The third-order valence-corrected chi connectivity index (χ3v) is 3.69. The molecule has 2 aromatic rings. The van der Waals surface area contributed by atoms with Crippen molar-refractivity contribution in [3.05, 3.63) is 42.0 Å². The summed E-state index contributed by atoms with van der Waals surface area (Å²) in [7, 11) is 1.99. The molecule has 5 heteroatoms. The molecule has 1 aliphatic heterocycles. The first-order valence-corrected chi connectivity index (χ1v) is 6.84. The van der Waals surface area contributed by atoms with Crippen molar-refractivity contribution in [1.29, 1.82) is 0 Å². The van der Waals surface area contributed by atoms with Crippen LogP contribution in [0.4, 0.5) is 4.39 Å². The fourth-order valence-electron chi connectivity index (χ4n) is 2.57. The first-order valence-electron chi connectivity index (χ1n) is 6.84. The minimum Gasteiger partial charge on any atom is -0.444 e. The molecule has 0 spiro atoms. The van der Waals surface area contributed by atoms with Gasteiger partial charge in [0.1, 0.15) is 12.1 Å². The van der Waals surface area contributed by atoms with E-state index >= 15 is 0 Å². The quantitative estimate of drug-likeness (QED) is 0.929. The summed E-state index contributed by atoms with van der Waals surface area (Å²) in [6.07, 6.45) is 2.82. The zero-order chi connectivity index (χ0) is 13.9. The van der Waals surface area contributed by atoms with E-state index in [1.165, 1.54) is 12.1 Å². The van der Waals surface area contributed by atoms with Crippen LogP contribution in [0, 0.1) is 5.82 Å². The highest BCUT2D eigenvalue weighted by Crippen LogP contribution is 2.21. The molecule has 1 aromatic heterocycles. The maximum absolute atomic E-state index is 13.2. The van der Waals surface area contributed by atoms with Crippen molar-refractivity contribution in [1.82, 2.24) is 15.2 Å². The molecule has 1 unspecified atom stereocenters. The molecule has 106 valence electrons. The highest BCUT2D eigenvalue weighted by molar-refractivity contribution is 5.52. The normalized spacial score (nSPS) is 19.6. The molecule has 1 aromatic carbocycles. The molecule has 1 aliphatic rings. The number of aromatic nitrogens is 1. The molecule has 1 N–H and O–H groups in total. The van der Waals surface area contributed by atoms with Crippen LogP contribution in [-0.2, 0) is 6.54 Å². The Kier molecular flexibility index (Phi) is 3.80. The fraction of sp³-hybridized carbons (Fsp3) is 0.400.